The van der Waals surface area contributed by atoms with E-state index in [4.69, 9.17) is 11.6 Å². The predicted octanol–water partition coefficient (Wildman–Crippen LogP) is 3.07. The molecule has 2 amide bonds. The monoisotopic (exact) mass is 352 g/mol. The highest BCUT2D eigenvalue weighted by molar-refractivity contribution is 7.12. The number of amides is 2. The number of carbonyl (C=O) groups is 2. The van der Waals surface area contributed by atoms with Gasteiger partial charge in [-0.05, 0) is 29.1 Å². The number of carbonyl (C=O) groups excluding carboxylic acids is 2. The number of nitrogens with one attached hydrogen (secondary N) is 1. The molecule has 0 saturated carbocycles. The standard InChI is InChI=1S/C16H14ClFN2O2S/c17-13-4-5-23-15(13)16(22)19-12-7-14(21)20(9-12)8-10-2-1-3-11(18)6-10/h1-6,12H,7-9H2,(H,19,22)/t12-/m1/s1. The second-order valence-electron chi connectivity index (χ2n) is 5.38. The van der Waals surface area contributed by atoms with Crippen molar-refractivity contribution in [3.05, 3.63) is 57.0 Å². The van der Waals surface area contributed by atoms with Crippen molar-refractivity contribution in [2.24, 2.45) is 0 Å². The molecular formula is C16H14ClFN2O2S. The summed E-state index contributed by atoms with van der Waals surface area (Å²) in [5.74, 6) is -0.654. The zero-order chi connectivity index (χ0) is 16.4. The van der Waals surface area contributed by atoms with Crippen LogP contribution in [0.2, 0.25) is 5.02 Å². The first-order valence-corrected chi connectivity index (χ1v) is 8.35. The third-order valence-electron chi connectivity index (χ3n) is 3.64. The van der Waals surface area contributed by atoms with Gasteiger partial charge in [0.25, 0.3) is 5.91 Å². The molecule has 0 radical (unpaired) electrons. The number of halogens is 2. The molecule has 1 atom stereocenters. The van der Waals surface area contributed by atoms with Gasteiger partial charge in [0.2, 0.25) is 5.91 Å². The van der Waals surface area contributed by atoms with Crippen LogP contribution in [0.4, 0.5) is 4.39 Å². The summed E-state index contributed by atoms with van der Waals surface area (Å²) in [4.78, 5) is 26.3. The van der Waals surface area contributed by atoms with Crippen LogP contribution in [-0.2, 0) is 11.3 Å². The molecule has 2 heterocycles. The van der Waals surface area contributed by atoms with Crippen LogP contribution < -0.4 is 5.32 Å². The van der Waals surface area contributed by atoms with Gasteiger partial charge in [0, 0.05) is 19.5 Å². The van der Waals surface area contributed by atoms with Crippen molar-refractivity contribution >= 4 is 34.8 Å². The number of rotatable bonds is 4. The molecule has 2 aromatic rings. The molecule has 1 N–H and O–H groups in total. The van der Waals surface area contributed by atoms with Gasteiger partial charge < -0.3 is 10.2 Å². The van der Waals surface area contributed by atoms with E-state index in [1.165, 1.54) is 23.5 Å². The lowest BCUT2D eigenvalue weighted by Gasteiger charge is -2.17. The summed E-state index contributed by atoms with van der Waals surface area (Å²) in [5, 5.41) is 4.98. The van der Waals surface area contributed by atoms with Crippen molar-refractivity contribution in [2.45, 2.75) is 19.0 Å². The quantitative estimate of drug-likeness (QED) is 0.919. The largest absolute Gasteiger partial charge is 0.346 e. The second kappa shape index (κ2) is 6.68. The van der Waals surface area contributed by atoms with Crippen molar-refractivity contribution in [2.75, 3.05) is 6.54 Å². The Bertz CT molecular complexity index is 749. The van der Waals surface area contributed by atoms with E-state index in [-0.39, 0.29) is 30.1 Å². The molecule has 0 spiro atoms. The Kier molecular flexibility index (Phi) is 4.63. The van der Waals surface area contributed by atoms with Crippen molar-refractivity contribution in [1.82, 2.24) is 10.2 Å². The van der Waals surface area contributed by atoms with Gasteiger partial charge in [-0.2, -0.15) is 0 Å². The average Bonchev–Trinajstić information content (AvgIpc) is 3.05. The lowest BCUT2D eigenvalue weighted by Crippen LogP contribution is -2.36. The highest BCUT2D eigenvalue weighted by Crippen LogP contribution is 2.23. The Labute approximate surface area is 141 Å². The minimum absolute atomic E-state index is 0.0585. The summed E-state index contributed by atoms with van der Waals surface area (Å²) in [5.41, 5.74) is 0.728. The zero-order valence-electron chi connectivity index (χ0n) is 12.1. The van der Waals surface area contributed by atoms with Crippen molar-refractivity contribution in [1.29, 1.82) is 0 Å². The highest BCUT2D eigenvalue weighted by Gasteiger charge is 2.31. The van der Waals surface area contributed by atoms with Crippen molar-refractivity contribution in [3.63, 3.8) is 0 Å². The van der Waals surface area contributed by atoms with E-state index in [0.29, 0.717) is 23.0 Å². The van der Waals surface area contributed by atoms with Crippen LogP contribution in [0.3, 0.4) is 0 Å². The first-order valence-electron chi connectivity index (χ1n) is 7.09. The van der Waals surface area contributed by atoms with Crippen LogP contribution in [0.15, 0.2) is 35.7 Å². The number of thiophene rings is 1. The Hall–Kier alpha value is -1.92. The van der Waals surface area contributed by atoms with Crippen LogP contribution in [0.1, 0.15) is 21.7 Å². The summed E-state index contributed by atoms with van der Waals surface area (Å²) >= 11 is 7.20. The maximum Gasteiger partial charge on any atom is 0.263 e. The fraction of sp³-hybridized carbons (Fsp3) is 0.250. The number of likely N-dealkylation sites (tertiary alicyclic amines) is 1. The summed E-state index contributed by atoms with van der Waals surface area (Å²) in [6, 6.07) is 7.56. The predicted molar refractivity (Wildman–Crippen MR) is 87.0 cm³/mol. The molecule has 1 aromatic heterocycles. The molecule has 0 bridgehead atoms. The minimum Gasteiger partial charge on any atom is -0.346 e. The van der Waals surface area contributed by atoms with E-state index in [0.717, 1.165) is 5.56 Å². The van der Waals surface area contributed by atoms with Crippen LogP contribution in [0.25, 0.3) is 0 Å². The van der Waals surface area contributed by atoms with E-state index in [9.17, 15) is 14.0 Å². The Morgan fingerprint density at radius 3 is 2.96 bits per heavy atom. The van der Waals surface area contributed by atoms with Gasteiger partial charge in [0.05, 0.1) is 11.1 Å². The summed E-state index contributed by atoms with van der Waals surface area (Å²) in [6.07, 6.45) is 0.240. The van der Waals surface area contributed by atoms with E-state index < -0.39 is 0 Å². The number of benzene rings is 1. The van der Waals surface area contributed by atoms with Crippen LogP contribution in [0.5, 0.6) is 0 Å². The Morgan fingerprint density at radius 1 is 1.43 bits per heavy atom. The van der Waals surface area contributed by atoms with Crippen molar-refractivity contribution in [3.8, 4) is 0 Å². The molecule has 4 nitrogen and oxygen atoms in total. The van der Waals surface area contributed by atoms with Gasteiger partial charge in [-0.15, -0.1) is 11.3 Å². The van der Waals surface area contributed by atoms with Crippen molar-refractivity contribution < 1.29 is 14.0 Å². The summed E-state index contributed by atoms with van der Waals surface area (Å²) in [7, 11) is 0. The Morgan fingerprint density at radius 2 is 2.26 bits per heavy atom. The van der Waals surface area contributed by atoms with Crippen LogP contribution >= 0.6 is 22.9 Å². The van der Waals surface area contributed by atoms with Gasteiger partial charge in [-0.25, -0.2) is 4.39 Å². The second-order valence-corrected chi connectivity index (χ2v) is 6.70. The topological polar surface area (TPSA) is 49.4 Å². The fourth-order valence-electron chi connectivity index (χ4n) is 2.58. The van der Waals surface area contributed by atoms with E-state index >= 15 is 0 Å². The SMILES string of the molecule is O=C(N[C@@H]1CC(=O)N(Cc2cccc(F)c2)C1)c1sccc1Cl. The summed E-state index contributed by atoms with van der Waals surface area (Å²) in [6.45, 7) is 0.743. The molecule has 0 unspecified atom stereocenters. The minimum atomic E-state index is -0.327. The maximum absolute atomic E-state index is 13.2. The fourth-order valence-corrected chi connectivity index (χ4v) is 3.63. The zero-order valence-corrected chi connectivity index (χ0v) is 13.7. The van der Waals surface area contributed by atoms with E-state index in [2.05, 4.69) is 5.32 Å². The molecule has 1 fully saturated rings. The summed E-state index contributed by atoms with van der Waals surface area (Å²) < 4.78 is 13.2. The lowest BCUT2D eigenvalue weighted by molar-refractivity contribution is -0.128. The Balaban J connectivity index is 1.61. The maximum atomic E-state index is 13.2. The molecule has 7 heteroatoms. The van der Waals surface area contributed by atoms with E-state index in [1.807, 2.05) is 0 Å². The third kappa shape index (κ3) is 3.71. The number of hydrogen-bond acceptors (Lipinski definition) is 3. The molecule has 120 valence electrons. The molecule has 0 aliphatic carbocycles. The van der Waals surface area contributed by atoms with Gasteiger partial charge in [-0.1, -0.05) is 23.7 Å². The van der Waals surface area contributed by atoms with Crippen LogP contribution in [0, 0.1) is 5.82 Å². The van der Waals surface area contributed by atoms with Gasteiger partial charge in [0.1, 0.15) is 10.7 Å². The molecular weight excluding hydrogens is 339 g/mol. The molecule has 1 aliphatic rings. The third-order valence-corrected chi connectivity index (χ3v) is 4.98. The molecule has 3 rings (SSSR count). The first kappa shape index (κ1) is 16.0. The van der Waals surface area contributed by atoms with E-state index in [1.54, 1.807) is 28.5 Å². The average molecular weight is 353 g/mol. The number of nitrogens with zero attached hydrogens (tertiary/aromatic N) is 1. The smallest absolute Gasteiger partial charge is 0.263 e. The number of hydrogen-bond donors (Lipinski definition) is 1. The van der Waals surface area contributed by atoms with Gasteiger partial charge in [-0.3, -0.25) is 9.59 Å². The molecule has 23 heavy (non-hydrogen) atoms. The molecule has 1 saturated heterocycles. The molecule has 1 aromatic carbocycles. The lowest BCUT2D eigenvalue weighted by atomic mass is 10.2. The van der Waals surface area contributed by atoms with Crippen LogP contribution in [-0.4, -0.2) is 29.3 Å². The first-order chi connectivity index (χ1) is 11.0. The molecule has 1 aliphatic heterocycles. The normalized spacial score (nSPS) is 17.6. The van der Waals surface area contributed by atoms with Gasteiger partial charge in [0.15, 0.2) is 0 Å². The highest BCUT2D eigenvalue weighted by atomic mass is 35.5. The van der Waals surface area contributed by atoms with Gasteiger partial charge >= 0.3 is 0 Å².